The second kappa shape index (κ2) is 6.89. The van der Waals surface area contributed by atoms with Crippen molar-refractivity contribution in [3.05, 3.63) is 29.3 Å². The van der Waals surface area contributed by atoms with Crippen LogP contribution in [0.1, 0.15) is 24.1 Å². The highest BCUT2D eigenvalue weighted by molar-refractivity contribution is 5.38. The van der Waals surface area contributed by atoms with Gasteiger partial charge in [-0.1, -0.05) is 12.1 Å². The van der Waals surface area contributed by atoms with Crippen molar-refractivity contribution >= 4 is 0 Å². The van der Waals surface area contributed by atoms with Gasteiger partial charge in [-0.15, -0.1) is 0 Å². The minimum absolute atomic E-state index is 0.000938. The molecule has 0 amide bonds. The summed E-state index contributed by atoms with van der Waals surface area (Å²) in [6.45, 7) is 9.35. The van der Waals surface area contributed by atoms with Crippen molar-refractivity contribution in [3.63, 3.8) is 0 Å². The van der Waals surface area contributed by atoms with Gasteiger partial charge >= 0.3 is 0 Å². The van der Waals surface area contributed by atoms with Crippen LogP contribution in [0.15, 0.2) is 18.2 Å². The van der Waals surface area contributed by atoms with E-state index in [0.29, 0.717) is 6.61 Å². The highest BCUT2D eigenvalue weighted by Crippen LogP contribution is 2.25. The van der Waals surface area contributed by atoms with Gasteiger partial charge in [-0.2, -0.15) is 0 Å². The van der Waals surface area contributed by atoms with Gasteiger partial charge in [-0.25, -0.2) is 0 Å². The molecule has 106 valence electrons. The maximum absolute atomic E-state index is 5.97. The molecule has 0 radical (unpaired) electrons. The van der Waals surface area contributed by atoms with Crippen LogP contribution in [0.5, 0.6) is 5.75 Å². The fraction of sp³-hybridized carbons (Fsp3) is 0.600. The summed E-state index contributed by atoms with van der Waals surface area (Å²) >= 11 is 0. The van der Waals surface area contributed by atoms with E-state index in [1.807, 2.05) is 6.92 Å². The molecule has 1 atom stereocenters. The summed E-state index contributed by atoms with van der Waals surface area (Å²) in [5.41, 5.74) is 8.25. The van der Waals surface area contributed by atoms with Crippen LogP contribution in [0.4, 0.5) is 0 Å². The van der Waals surface area contributed by atoms with Crippen molar-refractivity contribution in [2.45, 2.75) is 19.9 Å². The van der Waals surface area contributed by atoms with E-state index >= 15 is 0 Å². The number of benzene rings is 1. The Morgan fingerprint density at radius 2 is 2.11 bits per heavy atom. The lowest BCUT2D eigenvalue weighted by Crippen LogP contribution is -2.38. The molecule has 1 aromatic rings. The molecule has 1 aliphatic heterocycles. The van der Waals surface area contributed by atoms with Crippen molar-refractivity contribution in [2.24, 2.45) is 5.73 Å². The highest BCUT2D eigenvalue weighted by Gasteiger charge is 2.12. The third-order valence-corrected chi connectivity index (χ3v) is 3.43. The Hall–Kier alpha value is -1.10. The molecule has 1 saturated heterocycles. The summed E-state index contributed by atoms with van der Waals surface area (Å²) < 4.78 is 11.3. The SMILES string of the molecule is Cc1ccc(C(C)N)c(OCCN2CCOCC2)c1. The lowest BCUT2D eigenvalue weighted by Gasteiger charge is -2.26. The molecule has 1 aromatic carbocycles. The largest absolute Gasteiger partial charge is 0.492 e. The van der Waals surface area contributed by atoms with Crippen LogP contribution in [0.3, 0.4) is 0 Å². The Balaban J connectivity index is 1.89. The third kappa shape index (κ3) is 4.20. The third-order valence-electron chi connectivity index (χ3n) is 3.43. The molecule has 2 rings (SSSR count). The molecule has 1 aliphatic rings. The highest BCUT2D eigenvalue weighted by atomic mass is 16.5. The Morgan fingerprint density at radius 1 is 1.37 bits per heavy atom. The number of nitrogens with zero attached hydrogens (tertiary/aromatic N) is 1. The lowest BCUT2D eigenvalue weighted by atomic mass is 10.1. The predicted octanol–water partition coefficient (Wildman–Crippen LogP) is 1.73. The van der Waals surface area contributed by atoms with Crippen LogP contribution in [0, 0.1) is 6.92 Å². The molecular formula is C15H24N2O2. The Labute approximate surface area is 115 Å². The maximum atomic E-state index is 5.97. The van der Waals surface area contributed by atoms with E-state index in [0.717, 1.165) is 44.2 Å². The maximum Gasteiger partial charge on any atom is 0.124 e. The second-order valence-corrected chi connectivity index (χ2v) is 5.13. The van der Waals surface area contributed by atoms with E-state index < -0.39 is 0 Å². The summed E-state index contributed by atoms with van der Waals surface area (Å²) in [5, 5.41) is 0. The standard InChI is InChI=1S/C15H24N2O2/c1-12-3-4-14(13(2)16)15(11-12)19-10-7-17-5-8-18-9-6-17/h3-4,11,13H,5-10,16H2,1-2H3. The summed E-state index contributed by atoms with van der Waals surface area (Å²) in [5.74, 6) is 0.920. The molecule has 19 heavy (non-hydrogen) atoms. The molecule has 0 spiro atoms. The monoisotopic (exact) mass is 264 g/mol. The number of ether oxygens (including phenoxy) is 2. The average molecular weight is 264 g/mol. The van der Waals surface area contributed by atoms with E-state index in [9.17, 15) is 0 Å². The molecule has 0 aromatic heterocycles. The van der Waals surface area contributed by atoms with Gasteiger partial charge < -0.3 is 15.2 Å². The van der Waals surface area contributed by atoms with E-state index in [1.165, 1.54) is 5.56 Å². The zero-order valence-electron chi connectivity index (χ0n) is 11.9. The topological polar surface area (TPSA) is 47.7 Å². The van der Waals surface area contributed by atoms with Crippen molar-refractivity contribution in [1.29, 1.82) is 0 Å². The first-order valence-corrected chi connectivity index (χ1v) is 6.96. The average Bonchev–Trinajstić information content (AvgIpc) is 2.39. The zero-order chi connectivity index (χ0) is 13.7. The van der Waals surface area contributed by atoms with E-state index in [2.05, 4.69) is 30.0 Å². The van der Waals surface area contributed by atoms with Crippen LogP contribution in [-0.4, -0.2) is 44.4 Å². The summed E-state index contributed by atoms with van der Waals surface area (Å²) in [6, 6.07) is 6.20. The Morgan fingerprint density at radius 3 is 2.79 bits per heavy atom. The number of rotatable bonds is 5. The van der Waals surface area contributed by atoms with Crippen molar-refractivity contribution in [1.82, 2.24) is 4.90 Å². The molecule has 1 fully saturated rings. The molecule has 0 aliphatic carbocycles. The van der Waals surface area contributed by atoms with Crippen LogP contribution < -0.4 is 10.5 Å². The van der Waals surface area contributed by atoms with Gasteiger partial charge in [-0.05, 0) is 25.5 Å². The predicted molar refractivity (Wildman–Crippen MR) is 76.5 cm³/mol. The molecule has 1 unspecified atom stereocenters. The lowest BCUT2D eigenvalue weighted by molar-refractivity contribution is 0.0322. The number of aryl methyl sites for hydroxylation is 1. The van der Waals surface area contributed by atoms with Crippen molar-refractivity contribution in [3.8, 4) is 5.75 Å². The number of hydrogen-bond acceptors (Lipinski definition) is 4. The van der Waals surface area contributed by atoms with Gasteiger partial charge in [0.05, 0.1) is 13.2 Å². The van der Waals surface area contributed by atoms with Crippen molar-refractivity contribution in [2.75, 3.05) is 39.5 Å². The number of morpholine rings is 1. The first kappa shape index (κ1) is 14.3. The molecule has 0 bridgehead atoms. The quantitative estimate of drug-likeness (QED) is 0.880. The molecule has 1 heterocycles. The van der Waals surface area contributed by atoms with Crippen LogP contribution in [0.25, 0.3) is 0 Å². The van der Waals surface area contributed by atoms with Gasteiger partial charge in [0.15, 0.2) is 0 Å². The van der Waals surface area contributed by atoms with Crippen LogP contribution in [0.2, 0.25) is 0 Å². The molecule has 4 nitrogen and oxygen atoms in total. The minimum Gasteiger partial charge on any atom is -0.492 e. The van der Waals surface area contributed by atoms with E-state index in [4.69, 9.17) is 15.2 Å². The van der Waals surface area contributed by atoms with Crippen LogP contribution in [-0.2, 0) is 4.74 Å². The molecule has 2 N–H and O–H groups in total. The first-order valence-electron chi connectivity index (χ1n) is 6.96. The second-order valence-electron chi connectivity index (χ2n) is 5.13. The molecular weight excluding hydrogens is 240 g/mol. The fourth-order valence-electron chi connectivity index (χ4n) is 2.25. The summed E-state index contributed by atoms with van der Waals surface area (Å²) in [7, 11) is 0. The van der Waals surface area contributed by atoms with Gasteiger partial charge in [0, 0.05) is 31.2 Å². The Kier molecular flexibility index (Phi) is 5.19. The van der Waals surface area contributed by atoms with Gasteiger partial charge in [0.2, 0.25) is 0 Å². The van der Waals surface area contributed by atoms with Crippen molar-refractivity contribution < 1.29 is 9.47 Å². The molecule has 0 saturated carbocycles. The van der Waals surface area contributed by atoms with Gasteiger partial charge in [-0.3, -0.25) is 4.90 Å². The minimum atomic E-state index is -0.000938. The number of hydrogen-bond donors (Lipinski definition) is 1. The molecule has 4 heteroatoms. The van der Waals surface area contributed by atoms with E-state index in [1.54, 1.807) is 0 Å². The first-order chi connectivity index (χ1) is 9.16. The summed E-state index contributed by atoms with van der Waals surface area (Å²) in [4.78, 5) is 2.37. The normalized spacial score (nSPS) is 18.3. The zero-order valence-corrected chi connectivity index (χ0v) is 11.9. The van der Waals surface area contributed by atoms with Gasteiger partial charge in [0.25, 0.3) is 0 Å². The van der Waals surface area contributed by atoms with E-state index in [-0.39, 0.29) is 6.04 Å². The fourth-order valence-corrected chi connectivity index (χ4v) is 2.25. The smallest absolute Gasteiger partial charge is 0.124 e. The number of nitrogens with two attached hydrogens (primary N) is 1. The Bertz CT molecular complexity index is 401. The van der Waals surface area contributed by atoms with Crippen LogP contribution >= 0.6 is 0 Å². The van der Waals surface area contributed by atoms with Gasteiger partial charge in [0.1, 0.15) is 12.4 Å². The summed E-state index contributed by atoms with van der Waals surface area (Å²) in [6.07, 6.45) is 0.